The number of rotatable bonds is 4. The van der Waals surface area contributed by atoms with Gasteiger partial charge in [0, 0.05) is 36.5 Å². The van der Waals surface area contributed by atoms with E-state index in [1.165, 1.54) is 35.2 Å². The molecular weight excluding hydrogens is 434 g/mol. The quantitative estimate of drug-likeness (QED) is 0.570. The summed E-state index contributed by atoms with van der Waals surface area (Å²) in [6.45, 7) is 4.55. The summed E-state index contributed by atoms with van der Waals surface area (Å²) in [5.74, 6) is 1.42. The summed E-state index contributed by atoms with van der Waals surface area (Å²) < 4.78 is 0. The van der Waals surface area contributed by atoms with Crippen molar-refractivity contribution in [3.05, 3.63) is 64.8 Å². The number of aliphatic hydroxyl groups is 2. The van der Waals surface area contributed by atoms with Crippen LogP contribution in [0.5, 0.6) is 0 Å². The average Bonchev–Trinajstić information content (AvgIpc) is 3.49. The fraction of sp³-hybridized carbons (Fsp3) is 0.581. The molecule has 6 rings (SSSR count). The number of ketones is 1. The maximum absolute atomic E-state index is 12.2. The Bertz CT molecular complexity index is 1090. The van der Waals surface area contributed by atoms with E-state index in [-0.39, 0.29) is 23.7 Å². The van der Waals surface area contributed by atoms with Gasteiger partial charge >= 0.3 is 0 Å². The van der Waals surface area contributed by atoms with Gasteiger partial charge in [0.2, 0.25) is 0 Å². The van der Waals surface area contributed by atoms with E-state index in [1.807, 2.05) is 12.2 Å². The van der Waals surface area contributed by atoms with Crippen LogP contribution in [0.2, 0.25) is 0 Å². The van der Waals surface area contributed by atoms with Crippen LogP contribution in [-0.4, -0.2) is 41.3 Å². The first-order valence-corrected chi connectivity index (χ1v) is 13.8. The van der Waals surface area contributed by atoms with Gasteiger partial charge in [-0.1, -0.05) is 36.8 Å². The smallest absolute Gasteiger partial charge is 0.156 e. The predicted octanol–water partition coefficient (Wildman–Crippen LogP) is 5.47. The number of allylic oxidation sites excluding steroid dienone is 4. The number of hydrogen-bond acceptors (Lipinski definition) is 4. The van der Waals surface area contributed by atoms with E-state index in [0.29, 0.717) is 18.3 Å². The molecule has 1 heterocycles. The first-order chi connectivity index (χ1) is 16.9. The molecule has 5 aliphatic rings. The number of nitrogens with zero attached hydrogens (tertiary/aromatic N) is 1. The predicted molar refractivity (Wildman–Crippen MR) is 139 cm³/mol. The first-order valence-electron chi connectivity index (χ1n) is 13.8. The standard InChI is InChI=1S/C31H39NO3/c1-30-20-27(21-5-8-23(9-6-21)32-16-2-3-17-32)29-25-12-10-24(34)19-22(25)7-11-26(29)28(30)13-15-31(30,35)14-4-18-33/h4-6,8-9,14,19,26-28,33,35H,2-3,7,10-13,15-18,20H2,1H3/t26-,27+,28-,30-,31-/m0/s1. The van der Waals surface area contributed by atoms with Crippen molar-refractivity contribution >= 4 is 11.5 Å². The molecular formula is C31H39NO3. The number of carbonyl (C=O) groups excluding carboxylic acids is 1. The lowest BCUT2D eigenvalue weighted by atomic mass is 9.51. The second kappa shape index (κ2) is 8.74. The van der Waals surface area contributed by atoms with Crippen LogP contribution in [0.1, 0.15) is 76.2 Å². The van der Waals surface area contributed by atoms with Crippen molar-refractivity contribution in [3.63, 3.8) is 0 Å². The minimum absolute atomic E-state index is 0.0363. The molecule has 1 aromatic carbocycles. The van der Waals surface area contributed by atoms with Gasteiger partial charge in [0.05, 0.1) is 12.2 Å². The number of anilines is 1. The lowest BCUT2D eigenvalue weighted by molar-refractivity contribution is -0.114. The average molecular weight is 474 g/mol. The van der Waals surface area contributed by atoms with E-state index in [9.17, 15) is 15.0 Å². The maximum Gasteiger partial charge on any atom is 0.156 e. The summed E-state index contributed by atoms with van der Waals surface area (Å²) in [5.41, 5.74) is 5.85. The minimum Gasteiger partial charge on any atom is -0.392 e. The monoisotopic (exact) mass is 473 g/mol. The van der Waals surface area contributed by atoms with Crippen molar-refractivity contribution in [1.82, 2.24) is 0 Å². The maximum atomic E-state index is 12.2. The van der Waals surface area contributed by atoms with E-state index >= 15 is 0 Å². The van der Waals surface area contributed by atoms with Gasteiger partial charge in [0.15, 0.2) is 5.78 Å². The molecule has 4 heteroatoms. The molecule has 2 saturated carbocycles. The van der Waals surface area contributed by atoms with Gasteiger partial charge in [-0.15, -0.1) is 0 Å². The molecule has 0 aromatic heterocycles. The van der Waals surface area contributed by atoms with Crippen molar-refractivity contribution in [2.45, 2.75) is 76.2 Å². The summed E-state index contributed by atoms with van der Waals surface area (Å²) in [7, 11) is 0. The third kappa shape index (κ3) is 3.67. The minimum atomic E-state index is -0.886. The van der Waals surface area contributed by atoms with Crippen LogP contribution in [0.15, 0.2) is 59.2 Å². The van der Waals surface area contributed by atoms with Crippen LogP contribution in [0, 0.1) is 17.3 Å². The van der Waals surface area contributed by atoms with Crippen LogP contribution < -0.4 is 4.90 Å². The highest BCUT2D eigenvalue weighted by atomic mass is 16.3. The zero-order valence-electron chi connectivity index (χ0n) is 21.0. The van der Waals surface area contributed by atoms with Crippen LogP contribution in [0.3, 0.4) is 0 Å². The molecule has 0 radical (unpaired) electrons. The third-order valence-corrected chi connectivity index (χ3v) is 10.2. The second-order valence-electron chi connectivity index (χ2n) is 11.8. The number of aliphatic hydroxyl groups excluding tert-OH is 1. The first kappa shape index (κ1) is 23.2. The Morgan fingerprint density at radius 2 is 1.86 bits per heavy atom. The molecule has 0 unspecified atom stereocenters. The Morgan fingerprint density at radius 1 is 1.09 bits per heavy atom. The Morgan fingerprint density at radius 3 is 2.60 bits per heavy atom. The van der Waals surface area contributed by atoms with Crippen molar-refractivity contribution < 1.29 is 15.0 Å². The van der Waals surface area contributed by atoms with Gasteiger partial charge in [-0.2, -0.15) is 0 Å². The summed E-state index contributed by atoms with van der Waals surface area (Å²) in [6, 6.07) is 9.25. The van der Waals surface area contributed by atoms with Gasteiger partial charge < -0.3 is 15.1 Å². The molecule has 186 valence electrons. The number of hydrogen-bond donors (Lipinski definition) is 2. The van der Waals surface area contributed by atoms with Crippen LogP contribution in [0.25, 0.3) is 0 Å². The molecule has 35 heavy (non-hydrogen) atoms. The van der Waals surface area contributed by atoms with Crippen molar-refractivity contribution in [1.29, 1.82) is 0 Å². The van der Waals surface area contributed by atoms with Crippen molar-refractivity contribution in [3.8, 4) is 0 Å². The molecule has 4 nitrogen and oxygen atoms in total. The molecule has 2 N–H and O–H groups in total. The summed E-state index contributed by atoms with van der Waals surface area (Å²) in [4.78, 5) is 14.7. The van der Waals surface area contributed by atoms with Crippen molar-refractivity contribution in [2.24, 2.45) is 17.3 Å². The fourth-order valence-corrected chi connectivity index (χ4v) is 8.41. The molecule has 1 aliphatic heterocycles. The molecule has 1 saturated heterocycles. The Hall–Kier alpha value is -2.17. The lowest BCUT2D eigenvalue weighted by Gasteiger charge is -2.54. The summed E-state index contributed by atoms with van der Waals surface area (Å²) in [5, 5.41) is 21.4. The molecule has 0 amide bonds. The van der Waals surface area contributed by atoms with E-state index in [4.69, 9.17) is 0 Å². The Labute approximate surface area is 209 Å². The largest absolute Gasteiger partial charge is 0.392 e. The highest BCUT2D eigenvalue weighted by molar-refractivity contribution is 5.93. The van der Waals surface area contributed by atoms with Crippen LogP contribution in [0.4, 0.5) is 5.69 Å². The van der Waals surface area contributed by atoms with Crippen molar-refractivity contribution in [2.75, 3.05) is 24.6 Å². The normalized spacial score (nSPS) is 36.9. The molecule has 1 aromatic rings. The van der Waals surface area contributed by atoms with E-state index in [2.05, 4.69) is 36.1 Å². The summed E-state index contributed by atoms with van der Waals surface area (Å²) in [6.07, 6.45) is 14.3. The van der Waals surface area contributed by atoms with E-state index in [0.717, 1.165) is 51.6 Å². The van der Waals surface area contributed by atoms with E-state index < -0.39 is 5.60 Å². The second-order valence-corrected chi connectivity index (χ2v) is 11.8. The van der Waals surface area contributed by atoms with Crippen LogP contribution >= 0.6 is 0 Å². The van der Waals surface area contributed by atoms with Gasteiger partial charge in [0.1, 0.15) is 0 Å². The van der Waals surface area contributed by atoms with Gasteiger partial charge in [-0.25, -0.2) is 0 Å². The molecule has 4 aliphatic carbocycles. The van der Waals surface area contributed by atoms with E-state index in [1.54, 1.807) is 11.6 Å². The highest BCUT2D eigenvalue weighted by Crippen LogP contribution is 2.67. The van der Waals surface area contributed by atoms with Gasteiger partial charge in [0.25, 0.3) is 0 Å². The highest BCUT2D eigenvalue weighted by Gasteiger charge is 2.61. The Kier molecular flexibility index (Phi) is 5.80. The van der Waals surface area contributed by atoms with Gasteiger partial charge in [-0.3, -0.25) is 4.79 Å². The number of fused-ring (bicyclic) bond motifs is 4. The zero-order chi connectivity index (χ0) is 24.2. The molecule has 5 atom stereocenters. The summed E-state index contributed by atoms with van der Waals surface area (Å²) >= 11 is 0. The third-order valence-electron chi connectivity index (χ3n) is 10.2. The van der Waals surface area contributed by atoms with Crippen LogP contribution in [-0.2, 0) is 4.79 Å². The Balaban J connectivity index is 1.45. The fourth-order valence-electron chi connectivity index (χ4n) is 8.41. The number of benzene rings is 1. The topological polar surface area (TPSA) is 60.8 Å². The zero-order valence-corrected chi connectivity index (χ0v) is 21.0. The number of carbonyl (C=O) groups is 1. The molecule has 0 spiro atoms. The van der Waals surface area contributed by atoms with Gasteiger partial charge in [-0.05, 0) is 98.1 Å². The lowest BCUT2D eigenvalue weighted by Crippen LogP contribution is -2.50. The SMILES string of the molecule is C[C@]12C[C@H](c3ccc(N4CCCC4)cc3)C3=C4CCC(=O)C=C4CC[C@H]3[C@@H]1CC[C@@]2(O)C=CCO. The molecule has 0 bridgehead atoms. The molecule has 3 fully saturated rings.